The normalized spacial score (nSPS) is 17.4. The van der Waals surface area contributed by atoms with E-state index in [0.29, 0.717) is 25.4 Å². The second-order valence-corrected chi connectivity index (χ2v) is 13.5. The van der Waals surface area contributed by atoms with Crippen LogP contribution in [0, 0.1) is 5.92 Å². The number of nitrogens with zero attached hydrogens (tertiary/aromatic N) is 2. The molecule has 3 atom stereocenters. The topological polar surface area (TPSA) is 108 Å². The van der Waals surface area contributed by atoms with Gasteiger partial charge in [0.1, 0.15) is 11.9 Å². The molecule has 242 valence electrons. The average Bonchev–Trinajstić information content (AvgIpc) is 3.07. The molecule has 1 aliphatic rings. The van der Waals surface area contributed by atoms with Crippen molar-refractivity contribution >= 4 is 21.6 Å². The van der Waals surface area contributed by atoms with Crippen LogP contribution in [0.5, 0.6) is 11.5 Å². The number of hydrogen-bond acceptors (Lipinski definition) is 7. The van der Waals surface area contributed by atoms with Crippen LogP contribution in [0.3, 0.4) is 0 Å². The Kier molecular flexibility index (Phi) is 10.3. The van der Waals surface area contributed by atoms with E-state index in [1.165, 1.54) is 19.2 Å². The monoisotopic (exact) mass is 643 g/mol. The number of carbonyl (C=O) groups is 1. The lowest BCUT2D eigenvalue weighted by molar-refractivity contribution is 0.0344. The van der Waals surface area contributed by atoms with Gasteiger partial charge in [-0.05, 0) is 67.1 Å². The van der Waals surface area contributed by atoms with Crippen LogP contribution in [-0.2, 0) is 16.6 Å². The summed E-state index contributed by atoms with van der Waals surface area (Å²) >= 11 is 0. The van der Waals surface area contributed by atoms with E-state index in [9.17, 15) is 18.3 Å². The van der Waals surface area contributed by atoms with Crippen molar-refractivity contribution in [3.8, 4) is 22.6 Å². The standard InChI is InChI=1S/C36H41N3O6S/c1-25-21-39(26(2)24-40)36(41)32-11-8-12-33(37-46(42,43)31-19-17-30(44-4)18-20-31)35(32)45-34(25)23-38(3)22-27-13-15-29(16-14-27)28-9-6-5-7-10-28/h5-20,25-26,34,37,40H,21-24H2,1-4H3/t25-,26-,34-/m1/s1. The molecule has 5 rings (SSSR count). The molecule has 1 heterocycles. The number of hydrogen-bond donors (Lipinski definition) is 2. The molecule has 0 spiro atoms. The van der Waals surface area contributed by atoms with Crippen molar-refractivity contribution < 1.29 is 27.8 Å². The molecule has 10 heteroatoms. The van der Waals surface area contributed by atoms with Gasteiger partial charge < -0.3 is 19.5 Å². The number of carbonyl (C=O) groups excluding carboxylic acids is 1. The van der Waals surface area contributed by atoms with Crippen molar-refractivity contribution in [3.05, 3.63) is 108 Å². The Morgan fingerprint density at radius 1 is 0.978 bits per heavy atom. The molecule has 0 aromatic heterocycles. The van der Waals surface area contributed by atoms with E-state index in [2.05, 4.69) is 46.0 Å². The van der Waals surface area contributed by atoms with Gasteiger partial charge in [-0.2, -0.15) is 0 Å². The lowest BCUT2D eigenvalue weighted by Gasteiger charge is -2.38. The van der Waals surface area contributed by atoms with Gasteiger partial charge in [-0.3, -0.25) is 14.4 Å². The lowest BCUT2D eigenvalue weighted by atomic mass is 9.98. The summed E-state index contributed by atoms with van der Waals surface area (Å²) in [6.07, 6.45) is -0.402. The molecule has 4 aromatic rings. The van der Waals surface area contributed by atoms with E-state index in [0.717, 1.165) is 16.7 Å². The summed E-state index contributed by atoms with van der Waals surface area (Å²) in [5.74, 6) is 0.222. The van der Waals surface area contributed by atoms with Gasteiger partial charge in [0.25, 0.3) is 15.9 Å². The summed E-state index contributed by atoms with van der Waals surface area (Å²) in [5.41, 5.74) is 3.84. The van der Waals surface area contributed by atoms with E-state index in [4.69, 9.17) is 9.47 Å². The van der Waals surface area contributed by atoms with Crippen LogP contribution in [-0.4, -0.2) is 75.2 Å². The first-order chi connectivity index (χ1) is 22.1. The van der Waals surface area contributed by atoms with Crippen molar-refractivity contribution in [2.75, 3.05) is 38.6 Å². The minimum absolute atomic E-state index is 0.0431. The number of nitrogens with one attached hydrogen (secondary N) is 1. The molecule has 0 saturated heterocycles. The Morgan fingerprint density at radius 3 is 2.30 bits per heavy atom. The summed E-state index contributed by atoms with van der Waals surface area (Å²) in [7, 11) is -0.503. The fourth-order valence-corrected chi connectivity index (χ4v) is 6.68. The number of aliphatic hydroxyl groups excluding tert-OH is 1. The summed E-state index contributed by atoms with van der Waals surface area (Å²) in [6.45, 7) is 5.13. The number of amides is 1. The SMILES string of the molecule is COc1ccc(S(=O)(=O)Nc2cccc3c2O[C@H](CN(C)Cc2ccc(-c4ccccc4)cc2)[C@H](C)CN([C@H](C)CO)C3=O)cc1. The Morgan fingerprint density at radius 2 is 1.65 bits per heavy atom. The number of rotatable bonds is 11. The second-order valence-electron chi connectivity index (χ2n) is 11.8. The van der Waals surface area contributed by atoms with Gasteiger partial charge in [0, 0.05) is 25.6 Å². The van der Waals surface area contributed by atoms with Crippen LogP contribution in [0.2, 0.25) is 0 Å². The number of anilines is 1. The third kappa shape index (κ3) is 7.52. The Hall–Kier alpha value is -4.38. The summed E-state index contributed by atoms with van der Waals surface area (Å²) < 4.78 is 41.3. The Balaban J connectivity index is 1.42. The maximum absolute atomic E-state index is 13.8. The number of ether oxygens (including phenoxy) is 2. The maximum atomic E-state index is 13.8. The zero-order valence-corrected chi connectivity index (χ0v) is 27.4. The molecular weight excluding hydrogens is 602 g/mol. The molecule has 9 nitrogen and oxygen atoms in total. The molecule has 0 fully saturated rings. The van der Waals surface area contributed by atoms with Gasteiger partial charge in [-0.15, -0.1) is 0 Å². The molecule has 0 bridgehead atoms. The fraction of sp³-hybridized carbons (Fsp3) is 0.306. The minimum Gasteiger partial charge on any atom is -0.497 e. The maximum Gasteiger partial charge on any atom is 0.262 e. The largest absolute Gasteiger partial charge is 0.497 e. The van der Waals surface area contributed by atoms with E-state index in [1.54, 1.807) is 42.2 Å². The molecule has 0 saturated carbocycles. The van der Waals surface area contributed by atoms with E-state index < -0.39 is 22.2 Å². The number of methoxy groups -OCH3 is 1. The van der Waals surface area contributed by atoms with Crippen molar-refractivity contribution in [1.29, 1.82) is 0 Å². The van der Waals surface area contributed by atoms with Crippen molar-refractivity contribution in [1.82, 2.24) is 9.80 Å². The Labute approximate surface area is 271 Å². The summed E-state index contributed by atoms with van der Waals surface area (Å²) in [5, 5.41) is 10.0. The van der Waals surface area contributed by atoms with Crippen molar-refractivity contribution in [2.24, 2.45) is 5.92 Å². The number of fused-ring (bicyclic) bond motifs is 1. The Bertz CT molecular complexity index is 1730. The highest BCUT2D eigenvalue weighted by molar-refractivity contribution is 7.92. The molecule has 1 aliphatic heterocycles. The van der Waals surface area contributed by atoms with Gasteiger partial charge in [-0.1, -0.05) is 67.6 Å². The number of benzene rings is 4. The first-order valence-corrected chi connectivity index (χ1v) is 16.8. The van der Waals surface area contributed by atoms with Gasteiger partial charge in [0.15, 0.2) is 5.75 Å². The smallest absolute Gasteiger partial charge is 0.262 e. The van der Waals surface area contributed by atoms with Crippen LogP contribution < -0.4 is 14.2 Å². The lowest BCUT2D eigenvalue weighted by Crippen LogP contribution is -2.49. The van der Waals surface area contributed by atoms with Crippen LogP contribution >= 0.6 is 0 Å². The van der Waals surface area contributed by atoms with E-state index in [1.807, 2.05) is 32.2 Å². The summed E-state index contributed by atoms with van der Waals surface area (Å²) in [6, 6.07) is 29.1. The first kappa shape index (κ1) is 33.0. The highest BCUT2D eigenvalue weighted by atomic mass is 32.2. The number of likely N-dealkylation sites (N-methyl/N-ethyl adjacent to an activating group) is 1. The predicted octanol–water partition coefficient (Wildman–Crippen LogP) is 5.52. The van der Waals surface area contributed by atoms with E-state index >= 15 is 0 Å². The number of para-hydroxylation sites is 1. The third-order valence-corrected chi connectivity index (χ3v) is 9.69. The predicted molar refractivity (Wildman–Crippen MR) is 180 cm³/mol. The molecular formula is C36H41N3O6S. The fourth-order valence-electron chi connectivity index (χ4n) is 5.62. The molecule has 0 unspecified atom stereocenters. The van der Waals surface area contributed by atoms with Gasteiger partial charge in [-0.25, -0.2) is 8.42 Å². The average molecular weight is 644 g/mol. The second kappa shape index (κ2) is 14.4. The van der Waals surface area contributed by atoms with Crippen LogP contribution in [0.4, 0.5) is 5.69 Å². The van der Waals surface area contributed by atoms with Crippen LogP contribution in [0.15, 0.2) is 102 Å². The zero-order chi connectivity index (χ0) is 32.8. The molecule has 2 N–H and O–H groups in total. The molecule has 1 amide bonds. The van der Waals surface area contributed by atoms with Gasteiger partial charge in [0.05, 0.1) is 35.9 Å². The molecule has 0 aliphatic carbocycles. The molecule has 46 heavy (non-hydrogen) atoms. The number of aliphatic hydroxyl groups is 1. The highest BCUT2D eigenvalue weighted by Crippen LogP contribution is 2.36. The van der Waals surface area contributed by atoms with E-state index in [-0.39, 0.29) is 40.3 Å². The molecule has 4 aromatic carbocycles. The van der Waals surface area contributed by atoms with Gasteiger partial charge >= 0.3 is 0 Å². The van der Waals surface area contributed by atoms with Crippen LogP contribution in [0.25, 0.3) is 11.1 Å². The summed E-state index contributed by atoms with van der Waals surface area (Å²) in [4.78, 5) is 17.7. The number of sulfonamides is 1. The highest BCUT2D eigenvalue weighted by Gasteiger charge is 2.35. The van der Waals surface area contributed by atoms with Gasteiger partial charge in [0.2, 0.25) is 0 Å². The zero-order valence-electron chi connectivity index (χ0n) is 26.6. The quantitative estimate of drug-likeness (QED) is 0.222. The third-order valence-electron chi connectivity index (χ3n) is 8.31. The van der Waals surface area contributed by atoms with Crippen molar-refractivity contribution in [2.45, 2.75) is 37.4 Å². The molecule has 0 radical (unpaired) electrons. The van der Waals surface area contributed by atoms with Crippen molar-refractivity contribution in [3.63, 3.8) is 0 Å². The van der Waals surface area contributed by atoms with Crippen LogP contribution in [0.1, 0.15) is 29.8 Å². The first-order valence-electron chi connectivity index (χ1n) is 15.3. The minimum atomic E-state index is -4.02.